The highest BCUT2D eigenvalue weighted by molar-refractivity contribution is 5.69. The maximum absolute atomic E-state index is 11.8. The second kappa shape index (κ2) is 11.9. The van der Waals surface area contributed by atoms with Crippen molar-refractivity contribution in [3.8, 4) is 0 Å². The summed E-state index contributed by atoms with van der Waals surface area (Å²) in [6.45, 7) is 0.495. The molecule has 0 aliphatic carbocycles. The van der Waals surface area contributed by atoms with Gasteiger partial charge in [0, 0.05) is 18.7 Å². The largest absolute Gasteiger partial charge is 0.461 e. The quantitative estimate of drug-likeness (QED) is 0.324. The van der Waals surface area contributed by atoms with Gasteiger partial charge in [-0.25, -0.2) is 0 Å². The van der Waals surface area contributed by atoms with Crippen LogP contribution in [0.1, 0.15) is 23.8 Å². The number of benzene rings is 2. The molecule has 3 rings (SSSR count). The van der Waals surface area contributed by atoms with E-state index < -0.39 is 30.7 Å². The van der Waals surface area contributed by atoms with Crippen LogP contribution in [0.25, 0.3) is 0 Å². The topological polar surface area (TPSA) is 117 Å². The van der Waals surface area contributed by atoms with Gasteiger partial charge in [0.25, 0.3) is 0 Å². The standard InChI is InChI=1S/C23H29NO7/c25-18(13-24-12-11-20(27)29-14-16-7-3-1-4-8-16)21(28)22-19(26)15-30-23(31-22)17-9-5-2-6-10-17/h1-10,18-19,21-26,28H,11-15H2/t18?,19-,21?,22-,23-/m1/s1. The summed E-state index contributed by atoms with van der Waals surface area (Å²) < 4.78 is 16.4. The summed E-state index contributed by atoms with van der Waals surface area (Å²) in [6.07, 6.45) is -5.22. The number of esters is 1. The minimum absolute atomic E-state index is 0.0192. The average Bonchev–Trinajstić information content (AvgIpc) is 2.81. The summed E-state index contributed by atoms with van der Waals surface area (Å²) in [5, 5.41) is 33.8. The molecule has 2 unspecified atom stereocenters. The summed E-state index contributed by atoms with van der Waals surface area (Å²) in [4.78, 5) is 11.8. The molecule has 8 nitrogen and oxygen atoms in total. The lowest BCUT2D eigenvalue weighted by atomic mass is 10.0. The molecule has 1 heterocycles. The molecule has 0 bridgehead atoms. The van der Waals surface area contributed by atoms with Crippen LogP contribution in [0.2, 0.25) is 0 Å². The van der Waals surface area contributed by atoms with Crippen LogP contribution in [0, 0.1) is 0 Å². The maximum Gasteiger partial charge on any atom is 0.307 e. The third kappa shape index (κ3) is 7.10. The Morgan fingerprint density at radius 3 is 2.48 bits per heavy atom. The van der Waals surface area contributed by atoms with Crippen molar-refractivity contribution < 1.29 is 34.3 Å². The second-order valence-electron chi connectivity index (χ2n) is 7.40. The molecule has 0 aromatic heterocycles. The van der Waals surface area contributed by atoms with Gasteiger partial charge in [-0.2, -0.15) is 0 Å². The van der Waals surface area contributed by atoms with Crippen molar-refractivity contribution in [2.24, 2.45) is 0 Å². The summed E-state index contributed by atoms with van der Waals surface area (Å²) in [5.74, 6) is -0.361. The lowest BCUT2D eigenvalue weighted by Gasteiger charge is -2.37. The van der Waals surface area contributed by atoms with E-state index in [2.05, 4.69) is 5.32 Å². The van der Waals surface area contributed by atoms with Crippen LogP contribution in [0.15, 0.2) is 60.7 Å². The van der Waals surface area contributed by atoms with Crippen LogP contribution in [0.5, 0.6) is 0 Å². The lowest BCUT2D eigenvalue weighted by molar-refractivity contribution is -0.282. The molecule has 0 saturated carbocycles. The van der Waals surface area contributed by atoms with Gasteiger partial charge in [-0.3, -0.25) is 4.79 Å². The predicted molar refractivity (Wildman–Crippen MR) is 112 cm³/mol. The molecule has 8 heteroatoms. The zero-order chi connectivity index (χ0) is 22.1. The van der Waals surface area contributed by atoms with E-state index in [4.69, 9.17) is 14.2 Å². The highest BCUT2D eigenvalue weighted by Crippen LogP contribution is 2.28. The zero-order valence-electron chi connectivity index (χ0n) is 17.2. The van der Waals surface area contributed by atoms with E-state index in [1.54, 1.807) is 0 Å². The van der Waals surface area contributed by atoms with Gasteiger partial charge < -0.3 is 34.8 Å². The fraction of sp³-hybridized carbons (Fsp3) is 0.435. The van der Waals surface area contributed by atoms with Crippen LogP contribution in [-0.2, 0) is 25.6 Å². The number of hydrogen-bond donors (Lipinski definition) is 4. The molecule has 0 radical (unpaired) electrons. The fourth-order valence-corrected chi connectivity index (χ4v) is 3.24. The van der Waals surface area contributed by atoms with E-state index in [1.165, 1.54) is 0 Å². The SMILES string of the molecule is O=C(CCNCC(O)C(O)[C@@H]1O[C@H](c2ccccc2)OC[C@H]1O)OCc1ccccc1. The number of nitrogens with one attached hydrogen (secondary N) is 1. The summed E-state index contributed by atoms with van der Waals surface area (Å²) in [6, 6.07) is 18.6. The lowest BCUT2D eigenvalue weighted by Crippen LogP contribution is -2.53. The van der Waals surface area contributed by atoms with Crippen molar-refractivity contribution in [1.82, 2.24) is 5.32 Å². The molecule has 1 fully saturated rings. The van der Waals surface area contributed by atoms with Crippen LogP contribution < -0.4 is 5.32 Å². The van der Waals surface area contributed by atoms with Gasteiger partial charge in [-0.1, -0.05) is 60.7 Å². The number of hydrogen-bond acceptors (Lipinski definition) is 8. The first-order chi connectivity index (χ1) is 15.0. The van der Waals surface area contributed by atoms with E-state index in [1.807, 2.05) is 60.7 Å². The van der Waals surface area contributed by atoms with Gasteiger partial charge in [-0.15, -0.1) is 0 Å². The first-order valence-electron chi connectivity index (χ1n) is 10.3. The Hall–Kier alpha value is -2.33. The van der Waals surface area contributed by atoms with Gasteiger partial charge in [-0.05, 0) is 5.56 Å². The van der Waals surface area contributed by atoms with Crippen LogP contribution in [0.3, 0.4) is 0 Å². The third-order valence-corrected chi connectivity index (χ3v) is 4.98. The summed E-state index contributed by atoms with van der Waals surface area (Å²) in [7, 11) is 0. The van der Waals surface area contributed by atoms with Crippen molar-refractivity contribution in [3.05, 3.63) is 71.8 Å². The number of carbonyl (C=O) groups excluding carboxylic acids is 1. The summed E-state index contributed by atoms with van der Waals surface area (Å²) >= 11 is 0. The van der Waals surface area contributed by atoms with E-state index in [0.717, 1.165) is 11.1 Å². The number of aliphatic hydroxyl groups is 3. The molecule has 4 N–H and O–H groups in total. The van der Waals surface area contributed by atoms with Gasteiger partial charge in [0.15, 0.2) is 6.29 Å². The zero-order valence-corrected chi connectivity index (χ0v) is 17.2. The molecular weight excluding hydrogens is 402 g/mol. The molecule has 1 aliphatic heterocycles. The molecule has 2 aromatic carbocycles. The Kier molecular flexibility index (Phi) is 8.96. The van der Waals surface area contributed by atoms with Crippen LogP contribution in [-0.4, -0.2) is 65.4 Å². The number of ether oxygens (including phenoxy) is 3. The second-order valence-corrected chi connectivity index (χ2v) is 7.40. The van der Waals surface area contributed by atoms with Gasteiger partial charge >= 0.3 is 5.97 Å². The highest BCUT2D eigenvalue weighted by atomic mass is 16.7. The van der Waals surface area contributed by atoms with Gasteiger partial charge in [0.1, 0.15) is 24.9 Å². The van der Waals surface area contributed by atoms with Crippen molar-refractivity contribution in [1.29, 1.82) is 0 Å². The minimum atomic E-state index is -1.33. The van der Waals surface area contributed by atoms with Crippen molar-refractivity contribution in [2.75, 3.05) is 19.7 Å². The van der Waals surface area contributed by atoms with Crippen LogP contribution in [0.4, 0.5) is 0 Å². The number of aliphatic hydroxyl groups excluding tert-OH is 3. The first-order valence-corrected chi connectivity index (χ1v) is 10.3. The average molecular weight is 431 g/mol. The molecule has 0 amide bonds. The maximum atomic E-state index is 11.8. The Balaban J connectivity index is 1.38. The minimum Gasteiger partial charge on any atom is -0.461 e. The van der Waals surface area contributed by atoms with Crippen molar-refractivity contribution >= 4 is 5.97 Å². The smallest absolute Gasteiger partial charge is 0.307 e. The molecule has 5 atom stereocenters. The molecule has 0 spiro atoms. The molecule has 1 saturated heterocycles. The first kappa shape index (κ1) is 23.3. The number of rotatable bonds is 10. The highest BCUT2D eigenvalue weighted by Gasteiger charge is 2.39. The molecule has 1 aliphatic rings. The Morgan fingerprint density at radius 1 is 1.10 bits per heavy atom. The Bertz CT molecular complexity index is 789. The van der Waals surface area contributed by atoms with Crippen molar-refractivity contribution in [3.63, 3.8) is 0 Å². The normalized spacial score (nSPS) is 23.1. The molecular formula is C23H29NO7. The predicted octanol–water partition coefficient (Wildman–Crippen LogP) is 0.906. The van der Waals surface area contributed by atoms with Gasteiger partial charge in [0.05, 0.1) is 19.1 Å². The summed E-state index contributed by atoms with van der Waals surface area (Å²) in [5.41, 5.74) is 1.67. The van der Waals surface area contributed by atoms with E-state index >= 15 is 0 Å². The van der Waals surface area contributed by atoms with Gasteiger partial charge in [0.2, 0.25) is 0 Å². The van der Waals surface area contributed by atoms with Crippen molar-refractivity contribution in [2.45, 2.75) is 43.7 Å². The third-order valence-electron chi connectivity index (χ3n) is 4.98. The monoisotopic (exact) mass is 431 g/mol. The number of carbonyl (C=O) groups is 1. The molecule has 2 aromatic rings. The fourth-order valence-electron chi connectivity index (χ4n) is 3.24. The van der Waals surface area contributed by atoms with E-state index in [9.17, 15) is 20.1 Å². The Morgan fingerprint density at radius 2 is 1.77 bits per heavy atom. The van der Waals surface area contributed by atoms with E-state index in [-0.39, 0.29) is 38.7 Å². The Labute approximate surface area is 181 Å². The van der Waals surface area contributed by atoms with E-state index in [0.29, 0.717) is 0 Å². The molecule has 168 valence electrons. The van der Waals surface area contributed by atoms with Crippen LogP contribution >= 0.6 is 0 Å². The molecule has 31 heavy (non-hydrogen) atoms.